The SMILES string of the molecule is Cc1ccc(CN(C)CC(=O)Nc2ccc(Br)c(C)c2)o1. The van der Waals surface area contributed by atoms with E-state index in [1.54, 1.807) is 0 Å². The van der Waals surface area contributed by atoms with Gasteiger partial charge in [0, 0.05) is 10.2 Å². The molecule has 1 heterocycles. The number of likely N-dealkylation sites (N-methyl/N-ethyl adjacent to an activating group) is 1. The summed E-state index contributed by atoms with van der Waals surface area (Å²) in [6.07, 6.45) is 0. The van der Waals surface area contributed by atoms with Gasteiger partial charge in [0.25, 0.3) is 0 Å². The Morgan fingerprint density at radius 1 is 1.29 bits per heavy atom. The minimum atomic E-state index is -0.0394. The highest BCUT2D eigenvalue weighted by Crippen LogP contribution is 2.20. The molecule has 0 saturated heterocycles. The third-order valence-electron chi connectivity index (χ3n) is 3.08. The molecule has 112 valence electrons. The molecule has 0 bridgehead atoms. The molecule has 0 saturated carbocycles. The highest BCUT2D eigenvalue weighted by atomic mass is 79.9. The maximum atomic E-state index is 12.0. The van der Waals surface area contributed by atoms with Crippen molar-refractivity contribution in [2.24, 2.45) is 0 Å². The lowest BCUT2D eigenvalue weighted by Crippen LogP contribution is -2.29. The van der Waals surface area contributed by atoms with E-state index < -0.39 is 0 Å². The number of benzene rings is 1. The normalized spacial score (nSPS) is 10.9. The van der Waals surface area contributed by atoms with Crippen LogP contribution in [0.15, 0.2) is 39.2 Å². The average molecular weight is 351 g/mol. The van der Waals surface area contributed by atoms with Crippen molar-refractivity contribution in [1.82, 2.24) is 4.90 Å². The molecule has 2 rings (SSSR count). The van der Waals surface area contributed by atoms with Crippen LogP contribution in [0, 0.1) is 13.8 Å². The first-order valence-corrected chi connectivity index (χ1v) is 7.53. The standard InChI is InChI=1S/C16H19BrN2O2/c1-11-8-13(5-7-15(11)17)18-16(20)10-19(3)9-14-6-4-12(2)21-14/h4-8H,9-10H2,1-3H3,(H,18,20). The van der Waals surface area contributed by atoms with Crippen molar-refractivity contribution in [3.63, 3.8) is 0 Å². The average Bonchev–Trinajstić information content (AvgIpc) is 2.79. The molecule has 5 heteroatoms. The lowest BCUT2D eigenvalue weighted by molar-refractivity contribution is -0.117. The van der Waals surface area contributed by atoms with Crippen LogP contribution < -0.4 is 5.32 Å². The smallest absolute Gasteiger partial charge is 0.238 e. The Balaban J connectivity index is 1.87. The summed E-state index contributed by atoms with van der Waals surface area (Å²) in [5.74, 6) is 1.71. The second-order valence-electron chi connectivity index (χ2n) is 5.20. The number of carbonyl (C=O) groups excluding carboxylic acids is 1. The number of furan rings is 1. The summed E-state index contributed by atoms with van der Waals surface area (Å²) in [4.78, 5) is 13.9. The maximum absolute atomic E-state index is 12.0. The maximum Gasteiger partial charge on any atom is 0.238 e. The van der Waals surface area contributed by atoms with Crippen LogP contribution in [0.3, 0.4) is 0 Å². The molecule has 0 fully saturated rings. The van der Waals surface area contributed by atoms with Crippen molar-refractivity contribution in [2.45, 2.75) is 20.4 Å². The highest BCUT2D eigenvalue weighted by molar-refractivity contribution is 9.10. The number of hydrogen-bond acceptors (Lipinski definition) is 3. The number of anilines is 1. The molecule has 0 aliphatic carbocycles. The Hall–Kier alpha value is -1.59. The predicted molar refractivity (Wildman–Crippen MR) is 87.3 cm³/mol. The van der Waals surface area contributed by atoms with Crippen LogP contribution in [-0.2, 0) is 11.3 Å². The van der Waals surface area contributed by atoms with Gasteiger partial charge in [-0.1, -0.05) is 15.9 Å². The number of amides is 1. The van der Waals surface area contributed by atoms with Gasteiger partial charge >= 0.3 is 0 Å². The van der Waals surface area contributed by atoms with E-state index in [4.69, 9.17) is 4.42 Å². The minimum absolute atomic E-state index is 0.0394. The van der Waals surface area contributed by atoms with Crippen LogP contribution in [0.2, 0.25) is 0 Å². The van der Waals surface area contributed by atoms with Crippen molar-refractivity contribution in [3.8, 4) is 0 Å². The Morgan fingerprint density at radius 3 is 2.67 bits per heavy atom. The van der Waals surface area contributed by atoms with Crippen LogP contribution >= 0.6 is 15.9 Å². The number of nitrogens with zero attached hydrogens (tertiary/aromatic N) is 1. The molecule has 0 aliphatic heterocycles. The van der Waals surface area contributed by atoms with Gasteiger partial charge < -0.3 is 9.73 Å². The summed E-state index contributed by atoms with van der Waals surface area (Å²) >= 11 is 3.44. The first-order valence-electron chi connectivity index (χ1n) is 6.74. The van der Waals surface area contributed by atoms with Gasteiger partial charge in [0.15, 0.2) is 0 Å². The Labute approximate surface area is 133 Å². The Kier molecular flexibility index (Phi) is 5.20. The Morgan fingerprint density at radius 2 is 2.05 bits per heavy atom. The molecular formula is C16H19BrN2O2. The molecule has 1 amide bonds. The lowest BCUT2D eigenvalue weighted by atomic mass is 10.2. The molecule has 1 aromatic carbocycles. The van der Waals surface area contributed by atoms with E-state index in [1.165, 1.54) is 0 Å². The van der Waals surface area contributed by atoms with E-state index in [2.05, 4.69) is 21.2 Å². The van der Waals surface area contributed by atoms with Gasteiger partial charge in [-0.05, 0) is 56.8 Å². The van der Waals surface area contributed by atoms with Crippen molar-refractivity contribution < 1.29 is 9.21 Å². The van der Waals surface area contributed by atoms with Crippen molar-refractivity contribution >= 4 is 27.5 Å². The van der Waals surface area contributed by atoms with Crippen LogP contribution in [0.5, 0.6) is 0 Å². The van der Waals surface area contributed by atoms with Crippen molar-refractivity contribution in [1.29, 1.82) is 0 Å². The summed E-state index contributed by atoms with van der Waals surface area (Å²) in [6.45, 7) is 4.83. The van der Waals surface area contributed by atoms with E-state index in [0.717, 1.165) is 27.2 Å². The van der Waals surface area contributed by atoms with Gasteiger partial charge in [0.2, 0.25) is 5.91 Å². The summed E-state index contributed by atoms with van der Waals surface area (Å²) in [5.41, 5.74) is 1.90. The van der Waals surface area contributed by atoms with Crippen LogP contribution in [0.4, 0.5) is 5.69 Å². The fraction of sp³-hybridized carbons (Fsp3) is 0.312. The van der Waals surface area contributed by atoms with E-state index in [-0.39, 0.29) is 5.91 Å². The molecule has 2 aromatic rings. The number of nitrogens with one attached hydrogen (secondary N) is 1. The van der Waals surface area contributed by atoms with Gasteiger partial charge in [-0.25, -0.2) is 0 Å². The van der Waals surface area contributed by atoms with E-state index in [0.29, 0.717) is 13.1 Å². The van der Waals surface area contributed by atoms with Crippen LogP contribution in [0.25, 0.3) is 0 Å². The van der Waals surface area contributed by atoms with Crippen LogP contribution in [0.1, 0.15) is 17.1 Å². The minimum Gasteiger partial charge on any atom is -0.465 e. The Bertz CT molecular complexity index is 637. The monoisotopic (exact) mass is 350 g/mol. The zero-order valence-corrected chi connectivity index (χ0v) is 14.0. The summed E-state index contributed by atoms with van der Waals surface area (Å²) in [5, 5.41) is 2.90. The number of hydrogen-bond donors (Lipinski definition) is 1. The second-order valence-corrected chi connectivity index (χ2v) is 6.05. The zero-order valence-electron chi connectivity index (χ0n) is 12.4. The fourth-order valence-corrected chi connectivity index (χ4v) is 2.31. The summed E-state index contributed by atoms with van der Waals surface area (Å²) < 4.78 is 6.54. The fourth-order valence-electron chi connectivity index (χ4n) is 2.06. The predicted octanol–water partition coefficient (Wildman–Crippen LogP) is 3.73. The molecule has 0 unspecified atom stereocenters. The van der Waals surface area contributed by atoms with Gasteiger partial charge in [-0.3, -0.25) is 9.69 Å². The van der Waals surface area contributed by atoms with Crippen molar-refractivity contribution in [2.75, 3.05) is 18.9 Å². The third-order valence-corrected chi connectivity index (χ3v) is 3.97. The molecule has 0 radical (unpaired) electrons. The molecule has 21 heavy (non-hydrogen) atoms. The third kappa shape index (κ3) is 4.72. The van der Waals surface area contributed by atoms with Gasteiger partial charge in [0.1, 0.15) is 11.5 Å². The molecule has 0 atom stereocenters. The molecular weight excluding hydrogens is 332 g/mol. The molecule has 1 N–H and O–H groups in total. The molecule has 0 aliphatic rings. The van der Waals surface area contributed by atoms with Crippen molar-refractivity contribution in [3.05, 3.63) is 51.9 Å². The molecule has 4 nitrogen and oxygen atoms in total. The van der Waals surface area contributed by atoms with Gasteiger partial charge in [-0.2, -0.15) is 0 Å². The van der Waals surface area contributed by atoms with Gasteiger partial charge in [-0.15, -0.1) is 0 Å². The quantitative estimate of drug-likeness (QED) is 0.893. The van der Waals surface area contributed by atoms with Gasteiger partial charge in [0.05, 0.1) is 13.1 Å². The summed E-state index contributed by atoms with van der Waals surface area (Å²) in [7, 11) is 1.89. The molecule has 0 spiro atoms. The first kappa shape index (κ1) is 15.8. The number of aryl methyl sites for hydroxylation is 2. The number of rotatable bonds is 5. The van der Waals surface area contributed by atoms with E-state index in [9.17, 15) is 4.79 Å². The first-order chi connectivity index (χ1) is 9.94. The lowest BCUT2D eigenvalue weighted by Gasteiger charge is -2.15. The zero-order chi connectivity index (χ0) is 15.4. The molecule has 1 aromatic heterocycles. The number of carbonyl (C=O) groups is 1. The highest BCUT2D eigenvalue weighted by Gasteiger charge is 2.09. The topological polar surface area (TPSA) is 45.5 Å². The second kappa shape index (κ2) is 6.91. The van der Waals surface area contributed by atoms with E-state index >= 15 is 0 Å². The summed E-state index contributed by atoms with van der Waals surface area (Å²) in [6, 6.07) is 9.61. The largest absolute Gasteiger partial charge is 0.465 e. The van der Waals surface area contributed by atoms with Crippen LogP contribution in [-0.4, -0.2) is 24.4 Å². The number of halogens is 1. The van der Waals surface area contributed by atoms with E-state index in [1.807, 2.05) is 56.1 Å².